The van der Waals surface area contributed by atoms with Crippen molar-refractivity contribution in [2.75, 3.05) is 25.5 Å². The second-order valence-corrected chi connectivity index (χ2v) is 5.73. The lowest BCUT2D eigenvalue weighted by molar-refractivity contribution is -0.158. The van der Waals surface area contributed by atoms with Crippen molar-refractivity contribution in [3.05, 3.63) is 35.9 Å². The summed E-state index contributed by atoms with van der Waals surface area (Å²) >= 11 is -1.24. The van der Waals surface area contributed by atoms with Crippen LogP contribution in [0.25, 0.3) is 0 Å². The van der Waals surface area contributed by atoms with Gasteiger partial charge in [-0.2, -0.15) is 0 Å². The number of amides is 1. The van der Waals surface area contributed by atoms with Crippen molar-refractivity contribution >= 4 is 23.1 Å². The van der Waals surface area contributed by atoms with Crippen molar-refractivity contribution in [1.29, 1.82) is 0 Å². The predicted octanol–water partition coefficient (Wildman–Crippen LogP) is 0.364. The molecule has 2 unspecified atom stereocenters. The van der Waals surface area contributed by atoms with E-state index in [0.717, 1.165) is 0 Å². The number of esters is 1. The summed E-state index contributed by atoms with van der Waals surface area (Å²) in [6.07, 6.45) is 0. The van der Waals surface area contributed by atoms with E-state index >= 15 is 0 Å². The van der Waals surface area contributed by atoms with Gasteiger partial charge in [0.05, 0.1) is 0 Å². The molecule has 7 heteroatoms. The highest BCUT2D eigenvalue weighted by atomic mass is 32.2. The fourth-order valence-corrected chi connectivity index (χ4v) is 3.30. The molecule has 1 aromatic rings. The molecular weight excluding hydrogens is 282 g/mol. The SMILES string of the molecule is COCOC(=O)C1C[S+]([O-])CN1C(=O)c1ccccc1. The van der Waals surface area contributed by atoms with E-state index in [1.807, 2.05) is 0 Å². The van der Waals surface area contributed by atoms with Crippen LogP contribution in [-0.2, 0) is 25.4 Å². The van der Waals surface area contributed by atoms with Gasteiger partial charge in [0.2, 0.25) is 0 Å². The van der Waals surface area contributed by atoms with Crippen molar-refractivity contribution in [3.63, 3.8) is 0 Å². The molecule has 2 rings (SSSR count). The second-order valence-electron chi connectivity index (χ2n) is 4.26. The number of ether oxygens (including phenoxy) is 2. The van der Waals surface area contributed by atoms with Gasteiger partial charge < -0.3 is 14.0 Å². The topological polar surface area (TPSA) is 78.9 Å². The third-order valence-corrected chi connectivity index (χ3v) is 4.13. The van der Waals surface area contributed by atoms with Gasteiger partial charge in [-0.3, -0.25) is 9.69 Å². The highest BCUT2D eigenvalue weighted by Gasteiger charge is 2.43. The number of carbonyl (C=O) groups excluding carboxylic acids is 2. The van der Waals surface area contributed by atoms with E-state index in [1.54, 1.807) is 30.3 Å². The van der Waals surface area contributed by atoms with E-state index < -0.39 is 23.2 Å². The molecular formula is C13H15NO5S. The summed E-state index contributed by atoms with van der Waals surface area (Å²) in [5.41, 5.74) is 0.455. The van der Waals surface area contributed by atoms with Crippen molar-refractivity contribution < 1.29 is 23.6 Å². The molecule has 0 bridgehead atoms. The molecule has 0 N–H and O–H groups in total. The molecule has 2 atom stereocenters. The Kier molecular flexibility index (Phi) is 4.99. The third-order valence-electron chi connectivity index (χ3n) is 2.88. The third kappa shape index (κ3) is 3.30. The summed E-state index contributed by atoms with van der Waals surface area (Å²) in [5.74, 6) is -0.778. The number of methoxy groups -OCH3 is 1. The summed E-state index contributed by atoms with van der Waals surface area (Å²) in [7, 11) is 1.40. The molecule has 1 aliphatic rings. The molecule has 1 aromatic carbocycles. The molecule has 1 saturated heterocycles. The average Bonchev–Trinajstić information content (AvgIpc) is 2.87. The number of nitrogens with zero attached hydrogens (tertiary/aromatic N) is 1. The maximum absolute atomic E-state index is 12.3. The minimum Gasteiger partial charge on any atom is -0.615 e. The zero-order chi connectivity index (χ0) is 14.5. The van der Waals surface area contributed by atoms with Crippen molar-refractivity contribution in [2.24, 2.45) is 0 Å². The van der Waals surface area contributed by atoms with E-state index in [4.69, 9.17) is 4.74 Å². The van der Waals surface area contributed by atoms with Crippen LogP contribution >= 0.6 is 0 Å². The maximum Gasteiger partial charge on any atom is 0.336 e. The van der Waals surface area contributed by atoms with Crippen LogP contribution in [0, 0.1) is 0 Å². The van der Waals surface area contributed by atoms with Crippen LogP contribution in [0.4, 0.5) is 0 Å². The summed E-state index contributed by atoms with van der Waals surface area (Å²) in [6, 6.07) is 7.75. The molecule has 20 heavy (non-hydrogen) atoms. The fraction of sp³-hybridized carbons (Fsp3) is 0.385. The largest absolute Gasteiger partial charge is 0.615 e. The van der Waals surface area contributed by atoms with Gasteiger partial charge in [0.25, 0.3) is 5.91 Å². The number of hydrogen-bond acceptors (Lipinski definition) is 5. The Bertz CT molecular complexity index is 481. The van der Waals surface area contributed by atoms with E-state index in [-0.39, 0.29) is 24.3 Å². The first-order valence-corrected chi connectivity index (χ1v) is 7.49. The summed E-state index contributed by atoms with van der Waals surface area (Å²) in [5, 5.41) is 0. The molecule has 6 nitrogen and oxygen atoms in total. The lowest BCUT2D eigenvalue weighted by Crippen LogP contribution is -2.42. The van der Waals surface area contributed by atoms with Crippen LogP contribution in [-0.4, -0.2) is 52.9 Å². The van der Waals surface area contributed by atoms with Gasteiger partial charge in [0.15, 0.2) is 18.7 Å². The van der Waals surface area contributed by atoms with Gasteiger partial charge in [-0.25, -0.2) is 4.79 Å². The zero-order valence-electron chi connectivity index (χ0n) is 11.0. The minimum atomic E-state index is -1.24. The van der Waals surface area contributed by atoms with Crippen molar-refractivity contribution in [1.82, 2.24) is 4.90 Å². The average molecular weight is 297 g/mol. The van der Waals surface area contributed by atoms with Crippen LogP contribution in [0.5, 0.6) is 0 Å². The van der Waals surface area contributed by atoms with Crippen molar-refractivity contribution in [2.45, 2.75) is 6.04 Å². The Balaban J connectivity index is 2.12. The first-order chi connectivity index (χ1) is 9.63. The summed E-state index contributed by atoms with van der Waals surface area (Å²) in [4.78, 5) is 25.5. The van der Waals surface area contributed by atoms with Crippen LogP contribution in [0.2, 0.25) is 0 Å². The number of carbonyl (C=O) groups is 2. The zero-order valence-corrected chi connectivity index (χ0v) is 11.8. The maximum atomic E-state index is 12.3. The first-order valence-electron chi connectivity index (χ1n) is 6.00. The van der Waals surface area contributed by atoms with Gasteiger partial charge in [-0.15, -0.1) is 0 Å². The Morgan fingerprint density at radius 3 is 2.75 bits per heavy atom. The van der Waals surface area contributed by atoms with Gasteiger partial charge in [-0.05, 0) is 23.3 Å². The Morgan fingerprint density at radius 1 is 1.40 bits per heavy atom. The van der Waals surface area contributed by atoms with Crippen LogP contribution in [0.15, 0.2) is 30.3 Å². The molecule has 1 aliphatic heterocycles. The Morgan fingerprint density at radius 2 is 2.10 bits per heavy atom. The Labute approximate surface area is 119 Å². The molecule has 1 amide bonds. The highest BCUT2D eigenvalue weighted by molar-refractivity contribution is 7.91. The van der Waals surface area contributed by atoms with Gasteiger partial charge in [0, 0.05) is 12.7 Å². The quantitative estimate of drug-likeness (QED) is 0.455. The number of hydrogen-bond donors (Lipinski definition) is 0. The number of benzene rings is 1. The molecule has 0 aliphatic carbocycles. The van der Waals surface area contributed by atoms with Crippen LogP contribution in [0.3, 0.4) is 0 Å². The monoisotopic (exact) mass is 297 g/mol. The lowest BCUT2D eigenvalue weighted by Gasteiger charge is -2.19. The lowest BCUT2D eigenvalue weighted by atomic mass is 10.2. The summed E-state index contributed by atoms with van der Waals surface area (Å²) < 4.78 is 21.2. The van der Waals surface area contributed by atoms with E-state index in [9.17, 15) is 14.1 Å². The van der Waals surface area contributed by atoms with Gasteiger partial charge in [-0.1, -0.05) is 18.2 Å². The predicted molar refractivity (Wildman–Crippen MR) is 72.2 cm³/mol. The number of rotatable bonds is 4. The molecule has 0 aromatic heterocycles. The summed E-state index contributed by atoms with van der Waals surface area (Å²) in [6.45, 7) is -0.185. The highest BCUT2D eigenvalue weighted by Crippen LogP contribution is 2.20. The van der Waals surface area contributed by atoms with Gasteiger partial charge in [0.1, 0.15) is 5.75 Å². The van der Waals surface area contributed by atoms with Crippen molar-refractivity contribution in [3.8, 4) is 0 Å². The van der Waals surface area contributed by atoms with Crippen LogP contribution in [0.1, 0.15) is 10.4 Å². The van der Waals surface area contributed by atoms with E-state index in [1.165, 1.54) is 12.0 Å². The van der Waals surface area contributed by atoms with Crippen LogP contribution < -0.4 is 0 Å². The first kappa shape index (κ1) is 14.8. The molecule has 1 heterocycles. The minimum absolute atomic E-state index is 0.0421. The van der Waals surface area contributed by atoms with Gasteiger partial charge >= 0.3 is 5.97 Å². The standard InChI is InChI=1S/C13H15NO5S/c1-18-9-19-13(16)11-7-20(17)8-14(11)12(15)10-5-3-2-4-6-10/h2-6,11H,7-9H2,1H3. The van der Waals surface area contributed by atoms with E-state index in [2.05, 4.69) is 4.74 Å². The smallest absolute Gasteiger partial charge is 0.336 e. The molecule has 0 saturated carbocycles. The normalized spacial score (nSPS) is 21.8. The molecule has 0 spiro atoms. The van der Waals surface area contributed by atoms with E-state index in [0.29, 0.717) is 5.56 Å². The Hall–Kier alpha value is -1.57. The second kappa shape index (κ2) is 6.74. The molecule has 1 fully saturated rings. The molecule has 108 valence electrons. The fourth-order valence-electron chi connectivity index (χ4n) is 1.92. The molecule has 0 radical (unpaired) electrons.